The van der Waals surface area contributed by atoms with E-state index in [4.69, 9.17) is 0 Å². The lowest BCUT2D eigenvalue weighted by Gasteiger charge is -1.99. The van der Waals surface area contributed by atoms with E-state index in [9.17, 15) is 0 Å². The predicted molar refractivity (Wildman–Crippen MR) is 74.9 cm³/mol. The highest BCUT2D eigenvalue weighted by Crippen LogP contribution is 2.24. The summed E-state index contributed by atoms with van der Waals surface area (Å²) >= 11 is 3.56. The van der Waals surface area contributed by atoms with Crippen molar-refractivity contribution in [3.63, 3.8) is 0 Å². The summed E-state index contributed by atoms with van der Waals surface area (Å²) in [6.07, 6.45) is 5.09. The molecule has 0 unspecified atom stereocenters. The van der Waals surface area contributed by atoms with Crippen LogP contribution in [0.2, 0.25) is 0 Å². The Hall–Kier alpha value is -2.01. The number of rotatable bonds is 2. The number of benzene rings is 1. The quantitative estimate of drug-likeness (QED) is 0.790. The van der Waals surface area contributed by atoms with Gasteiger partial charge in [-0.15, -0.1) is 0 Å². The van der Waals surface area contributed by atoms with Crippen molar-refractivity contribution in [3.8, 4) is 0 Å². The fraction of sp³-hybridized carbons (Fsp3) is 0. The number of nitrogens with zero attached hydrogens (tertiary/aromatic N) is 3. The third-order valence-electron chi connectivity index (χ3n) is 2.57. The number of hydrogen-bond acceptors (Lipinski definition) is 3. The maximum atomic E-state index is 4.26. The molecule has 1 aromatic carbocycles. The molecule has 0 spiro atoms. The SMILES string of the molecule is Br/C(=C\c1ncnc2nc[nH]c12)c1ccccc1. The first-order valence-electron chi connectivity index (χ1n) is 5.41. The Balaban J connectivity index is 2.08. The average Bonchev–Trinajstić information content (AvgIpc) is 2.89. The van der Waals surface area contributed by atoms with E-state index in [1.54, 1.807) is 6.33 Å². The van der Waals surface area contributed by atoms with Gasteiger partial charge in [0.25, 0.3) is 0 Å². The molecule has 18 heavy (non-hydrogen) atoms. The molecule has 2 heterocycles. The second-order valence-electron chi connectivity index (χ2n) is 3.72. The predicted octanol–water partition coefficient (Wildman–Crippen LogP) is 3.25. The van der Waals surface area contributed by atoms with Gasteiger partial charge in [-0.3, -0.25) is 0 Å². The summed E-state index contributed by atoms with van der Waals surface area (Å²) < 4.78 is 0.970. The molecule has 88 valence electrons. The maximum Gasteiger partial charge on any atom is 0.181 e. The highest BCUT2D eigenvalue weighted by Gasteiger charge is 2.04. The Morgan fingerprint density at radius 2 is 1.94 bits per heavy atom. The zero-order chi connectivity index (χ0) is 12.4. The summed E-state index contributed by atoms with van der Waals surface area (Å²) in [4.78, 5) is 15.5. The highest BCUT2D eigenvalue weighted by molar-refractivity contribution is 9.15. The van der Waals surface area contributed by atoms with Crippen molar-refractivity contribution >= 4 is 37.7 Å². The Bertz CT molecular complexity index is 703. The third-order valence-corrected chi connectivity index (χ3v) is 3.25. The number of fused-ring (bicyclic) bond motifs is 1. The van der Waals surface area contributed by atoms with Crippen LogP contribution in [0.15, 0.2) is 43.0 Å². The van der Waals surface area contributed by atoms with Gasteiger partial charge in [0.2, 0.25) is 0 Å². The van der Waals surface area contributed by atoms with Gasteiger partial charge >= 0.3 is 0 Å². The van der Waals surface area contributed by atoms with Crippen LogP contribution < -0.4 is 0 Å². The minimum atomic E-state index is 0.671. The summed E-state index contributed by atoms with van der Waals surface area (Å²) in [7, 11) is 0. The van der Waals surface area contributed by atoms with Gasteiger partial charge in [-0.1, -0.05) is 46.3 Å². The molecule has 0 saturated carbocycles. The van der Waals surface area contributed by atoms with Crippen LogP contribution in [-0.4, -0.2) is 19.9 Å². The molecule has 0 bridgehead atoms. The van der Waals surface area contributed by atoms with E-state index in [0.717, 1.165) is 21.3 Å². The van der Waals surface area contributed by atoms with E-state index in [1.807, 2.05) is 36.4 Å². The topological polar surface area (TPSA) is 54.5 Å². The Kier molecular flexibility index (Phi) is 2.90. The van der Waals surface area contributed by atoms with Gasteiger partial charge in [-0.2, -0.15) is 0 Å². The molecule has 0 aliphatic carbocycles. The Labute approximate surface area is 112 Å². The van der Waals surface area contributed by atoms with Crippen LogP contribution in [0.25, 0.3) is 21.7 Å². The van der Waals surface area contributed by atoms with Gasteiger partial charge in [0.05, 0.1) is 12.0 Å². The summed E-state index contributed by atoms with van der Waals surface area (Å²) in [5.41, 5.74) is 3.42. The van der Waals surface area contributed by atoms with Gasteiger partial charge in [0, 0.05) is 4.48 Å². The number of halogens is 1. The van der Waals surface area contributed by atoms with Crippen LogP contribution in [0.5, 0.6) is 0 Å². The molecule has 3 aromatic rings. The lowest BCUT2D eigenvalue weighted by Crippen LogP contribution is -1.87. The van der Waals surface area contributed by atoms with Crippen LogP contribution in [0.1, 0.15) is 11.3 Å². The van der Waals surface area contributed by atoms with Crippen molar-refractivity contribution in [2.45, 2.75) is 0 Å². The number of nitrogens with one attached hydrogen (secondary N) is 1. The smallest absolute Gasteiger partial charge is 0.181 e. The lowest BCUT2D eigenvalue weighted by atomic mass is 10.2. The minimum Gasteiger partial charge on any atom is -0.341 e. The summed E-state index contributed by atoms with van der Waals surface area (Å²) in [5, 5.41) is 0. The van der Waals surface area contributed by atoms with Crippen molar-refractivity contribution in [2.24, 2.45) is 0 Å². The normalized spacial score (nSPS) is 11.9. The van der Waals surface area contributed by atoms with E-state index in [-0.39, 0.29) is 0 Å². The molecule has 0 fully saturated rings. The molecule has 3 rings (SSSR count). The lowest BCUT2D eigenvalue weighted by molar-refractivity contribution is 1.18. The molecule has 0 radical (unpaired) electrons. The van der Waals surface area contributed by atoms with E-state index in [0.29, 0.717) is 5.65 Å². The first kappa shape index (κ1) is 11.1. The summed E-state index contributed by atoms with van der Waals surface area (Å²) in [6, 6.07) is 10.0. The van der Waals surface area contributed by atoms with Gasteiger partial charge in [-0.25, -0.2) is 15.0 Å². The van der Waals surface area contributed by atoms with E-state index in [2.05, 4.69) is 35.9 Å². The van der Waals surface area contributed by atoms with Crippen molar-refractivity contribution in [2.75, 3.05) is 0 Å². The van der Waals surface area contributed by atoms with Gasteiger partial charge in [-0.05, 0) is 11.6 Å². The van der Waals surface area contributed by atoms with Crippen molar-refractivity contribution in [1.29, 1.82) is 0 Å². The first-order chi connectivity index (χ1) is 8.84. The zero-order valence-electron chi connectivity index (χ0n) is 9.34. The van der Waals surface area contributed by atoms with Gasteiger partial charge < -0.3 is 4.98 Å². The number of aromatic amines is 1. The fourth-order valence-corrected chi connectivity index (χ4v) is 2.18. The molecule has 2 aromatic heterocycles. The zero-order valence-corrected chi connectivity index (χ0v) is 10.9. The second kappa shape index (κ2) is 4.70. The van der Waals surface area contributed by atoms with E-state index >= 15 is 0 Å². The monoisotopic (exact) mass is 300 g/mol. The Morgan fingerprint density at radius 1 is 1.11 bits per heavy atom. The third kappa shape index (κ3) is 2.04. The number of H-pyrrole nitrogens is 1. The van der Waals surface area contributed by atoms with Crippen LogP contribution in [-0.2, 0) is 0 Å². The standard InChI is InChI=1S/C13H9BrN4/c14-10(9-4-2-1-3-5-9)6-11-12-13(17-7-15-11)18-8-16-12/h1-8H,(H,15,16,17,18)/b10-6-. The molecular formula is C13H9BrN4. The molecule has 4 nitrogen and oxygen atoms in total. The molecule has 5 heteroatoms. The average molecular weight is 301 g/mol. The summed E-state index contributed by atoms with van der Waals surface area (Å²) in [5.74, 6) is 0. The molecule has 0 amide bonds. The largest absolute Gasteiger partial charge is 0.341 e. The number of imidazole rings is 1. The van der Waals surface area contributed by atoms with Crippen LogP contribution in [0.3, 0.4) is 0 Å². The molecule has 0 aliphatic heterocycles. The van der Waals surface area contributed by atoms with Gasteiger partial charge in [0.15, 0.2) is 5.65 Å². The maximum absolute atomic E-state index is 4.26. The number of hydrogen-bond donors (Lipinski definition) is 1. The van der Waals surface area contributed by atoms with E-state index in [1.165, 1.54) is 6.33 Å². The second-order valence-corrected chi connectivity index (χ2v) is 4.57. The van der Waals surface area contributed by atoms with E-state index < -0.39 is 0 Å². The Morgan fingerprint density at radius 3 is 2.78 bits per heavy atom. The van der Waals surface area contributed by atoms with Gasteiger partial charge in [0.1, 0.15) is 11.8 Å². The number of aromatic nitrogens is 4. The molecule has 0 aliphatic rings. The van der Waals surface area contributed by atoms with Crippen LogP contribution in [0.4, 0.5) is 0 Å². The van der Waals surface area contributed by atoms with Crippen molar-refractivity contribution < 1.29 is 0 Å². The molecule has 0 atom stereocenters. The fourth-order valence-electron chi connectivity index (χ4n) is 1.69. The minimum absolute atomic E-state index is 0.671. The summed E-state index contributed by atoms with van der Waals surface area (Å²) in [6.45, 7) is 0. The van der Waals surface area contributed by atoms with Crippen molar-refractivity contribution in [1.82, 2.24) is 19.9 Å². The molecule has 0 saturated heterocycles. The highest BCUT2D eigenvalue weighted by atomic mass is 79.9. The van der Waals surface area contributed by atoms with Crippen molar-refractivity contribution in [3.05, 3.63) is 54.2 Å². The first-order valence-corrected chi connectivity index (χ1v) is 6.20. The van der Waals surface area contributed by atoms with Crippen LogP contribution in [0, 0.1) is 0 Å². The van der Waals surface area contributed by atoms with Crippen LogP contribution >= 0.6 is 15.9 Å². The molecular weight excluding hydrogens is 292 g/mol. The molecule has 1 N–H and O–H groups in total.